The minimum atomic E-state index is -4.38. The van der Waals surface area contributed by atoms with Crippen LogP contribution in [0.3, 0.4) is 0 Å². The maximum atomic E-state index is 13.6. The highest BCUT2D eigenvalue weighted by Crippen LogP contribution is 2.33. The van der Waals surface area contributed by atoms with E-state index in [9.17, 15) is 18.0 Å². The summed E-state index contributed by atoms with van der Waals surface area (Å²) in [5, 5.41) is 3.21. The topological polar surface area (TPSA) is 37.3 Å². The first-order valence-corrected chi connectivity index (χ1v) is 13.0. The number of para-hydroxylation sites is 1. The van der Waals surface area contributed by atoms with E-state index in [0.717, 1.165) is 41.4 Å². The average molecular weight is 514 g/mol. The molecule has 0 bridgehead atoms. The molecule has 37 heavy (non-hydrogen) atoms. The number of alkyl halides is 3. The first-order chi connectivity index (χ1) is 17.5. The van der Waals surface area contributed by atoms with Crippen molar-refractivity contribution in [1.82, 2.24) is 9.47 Å². The van der Waals surface area contributed by atoms with E-state index in [1.165, 1.54) is 12.1 Å². The SMILES string of the molecule is CCCCN(Cc1cccn1Cc1cccc(C(F)(F)F)c1)C(=O)Nc1c(C(C)C)cccc1C(C)C. The van der Waals surface area contributed by atoms with Crippen LogP contribution >= 0.6 is 0 Å². The fraction of sp³-hybridized carbons (Fsp3) is 0.433. The highest BCUT2D eigenvalue weighted by Gasteiger charge is 2.30. The molecule has 3 aromatic rings. The van der Waals surface area contributed by atoms with Gasteiger partial charge in [0.05, 0.1) is 12.1 Å². The fourth-order valence-corrected chi connectivity index (χ4v) is 4.47. The van der Waals surface area contributed by atoms with Crippen molar-refractivity contribution in [2.45, 2.75) is 78.6 Å². The van der Waals surface area contributed by atoms with Gasteiger partial charge in [0.15, 0.2) is 0 Å². The molecule has 1 N–H and O–H groups in total. The normalized spacial score (nSPS) is 11.8. The standard InChI is InChI=1S/C30H38F3N3O/c1-6-7-16-36(29(37)34-28-26(21(2)3)14-9-15-27(28)22(4)5)20-25-13-10-17-35(25)19-23-11-8-12-24(18-23)30(31,32)33/h8-15,17-18,21-22H,6-7,16,19-20H2,1-5H3,(H,34,37). The molecular formula is C30H38F3N3O. The zero-order valence-electron chi connectivity index (χ0n) is 22.4. The van der Waals surface area contributed by atoms with Crippen molar-refractivity contribution >= 4 is 11.7 Å². The van der Waals surface area contributed by atoms with Crippen LogP contribution in [0.15, 0.2) is 60.8 Å². The van der Waals surface area contributed by atoms with Crippen molar-refractivity contribution in [2.75, 3.05) is 11.9 Å². The summed E-state index contributed by atoms with van der Waals surface area (Å²) in [6.07, 6.45) is -0.748. The highest BCUT2D eigenvalue weighted by atomic mass is 19.4. The van der Waals surface area contributed by atoms with Gasteiger partial charge < -0.3 is 14.8 Å². The van der Waals surface area contributed by atoms with E-state index < -0.39 is 11.7 Å². The van der Waals surface area contributed by atoms with E-state index >= 15 is 0 Å². The van der Waals surface area contributed by atoms with E-state index in [1.807, 2.05) is 29.0 Å². The van der Waals surface area contributed by atoms with Crippen LogP contribution in [0.2, 0.25) is 0 Å². The molecule has 0 saturated carbocycles. The summed E-state index contributed by atoms with van der Waals surface area (Å²) in [5.74, 6) is 0.505. The third kappa shape index (κ3) is 7.40. The summed E-state index contributed by atoms with van der Waals surface area (Å²) in [6.45, 7) is 11.8. The quantitative estimate of drug-likeness (QED) is 0.289. The fourth-order valence-electron chi connectivity index (χ4n) is 4.47. The van der Waals surface area contributed by atoms with Crippen LogP contribution < -0.4 is 5.32 Å². The van der Waals surface area contributed by atoms with Crippen molar-refractivity contribution in [1.29, 1.82) is 0 Å². The molecule has 0 atom stereocenters. The van der Waals surface area contributed by atoms with Gasteiger partial charge >= 0.3 is 12.2 Å². The first-order valence-electron chi connectivity index (χ1n) is 13.0. The summed E-state index contributed by atoms with van der Waals surface area (Å²) in [5.41, 5.74) is 3.84. The molecule has 0 spiro atoms. The molecule has 4 nitrogen and oxygen atoms in total. The monoisotopic (exact) mass is 513 g/mol. The van der Waals surface area contributed by atoms with E-state index in [4.69, 9.17) is 0 Å². The van der Waals surface area contributed by atoms with Crippen LogP contribution in [0.1, 0.15) is 87.2 Å². The third-order valence-corrected chi connectivity index (χ3v) is 6.56. The molecule has 0 radical (unpaired) electrons. The predicted octanol–water partition coefficient (Wildman–Crippen LogP) is 8.64. The molecule has 0 aliphatic rings. The van der Waals surface area contributed by atoms with Gasteiger partial charge in [0, 0.05) is 30.7 Å². The molecule has 0 unspecified atom stereocenters. The van der Waals surface area contributed by atoms with Crippen LogP contribution in [0.4, 0.5) is 23.7 Å². The number of carbonyl (C=O) groups is 1. The molecular weight excluding hydrogens is 475 g/mol. The predicted molar refractivity (Wildman–Crippen MR) is 144 cm³/mol. The van der Waals surface area contributed by atoms with Crippen molar-refractivity contribution in [3.8, 4) is 0 Å². The molecule has 1 aromatic heterocycles. The minimum Gasteiger partial charge on any atom is -0.345 e. The van der Waals surface area contributed by atoms with Gasteiger partial charge in [-0.05, 0) is 59.2 Å². The Morgan fingerprint density at radius 2 is 1.62 bits per heavy atom. The number of nitrogens with one attached hydrogen (secondary N) is 1. The lowest BCUT2D eigenvalue weighted by molar-refractivity contribution is -0.137. The number of urea groups is 1. The van der Waals surface area contributed by atoms with Gasteiger partial charge in [-0.2, -0.15) is 13.2 Å². The number of hydrogen-bond acceptors (Lipinski definition) is 1. The number of amides is 2. The number of aromatic nitrogens is 1. The van der Waals surface area contributed by atoms with Crippen LogP contribution in [-0.4, -0.2) is 22.0 Å². The molecule has 3 rings (SSSR count). The summed E-state index contributed by atoms with van der Waals surface area (Å²) < 4.78 is 41.5. The first kappa shape index (κ1) is 28.4. The highest BCUT2D eigenvalue weighted by molar-refractivity contribution is 5.91. The third-order valence-electron chi connectivity index (χ3n) is 6.56. The second kappa shape index (κ2) is 12.3. The molecule has 2 aromatic carbocycles. The van der Waals surface area contributed by atoms with Crippen molar-refractivity contribution < 1.29 is 18.0 Å². The van der Waals surface area contributed by atoms with Crippen molar-refractivity contribution in [3.05, 3.63) is 88.7 Å². The van der Waals surface area contributed by atoms with E-state index in [2.05, 4.69) is 52.1 Å². The Hall–Kier alpha value is -3.22. The average Bonchev–Trinajstić information content (AvgIpc) is 3.27. The zero-order chi connectivity index (χ0) is 27.2. The van der Waals surface area contributed by atoms with Crippen molar-refractivity contribution in [2.24, 2.45) is 0 Å². The van der Waals surface area contributed by atoms with E-state index in [-0.39, 0.29) is 17.9 Å². The largest absolute Gasteiger partial charge is 0.416 e. The van der Waals surface area contributed by atoms with E-state index in [0.29, 0.717) is 25.2 Å². The van der Waals surface area contributed by atoms with Crippen LogP contribution in [0.25, 0.3) is 0 Å². The van der Waals surface area contributed by atoms with Gasteiger partial charge in [-0.3, -0.25) is 0 Å². The number of rotatable bonds is 10. The number of unbranched alkanes of at least 4 members (excludes halogenated alkanes) is 1. The lowest BCUT2D eigenvalue weighted by atomic mass is 9.93. The van der Waals surface area contributed by atoms with Gasteiger partial charge in [0.25, 0.3) is 0 Å². The summed E-state index contributed by atoms with van der Waals surface area (Å²) in [7, 11) is 0. The number of halogens is 3. The lowest BCUT2D eigenvalue weighted by Gasteiger charge is -2.27. The number of hydrogen-bond donors (Lipinski definition) is 1. The van der Waals surface area contributed by atoms with Gasteiger partial charge in [0.1, 0.15) is 0 Å². The van der Waals surface area contributed by atoms with Gasteiger partial charge in [0.2, 0.25) is 0 Å². The van der Waals surface area contributed by atoms with Crippen LogP contribution in [0, 0.1) is 0 Å². The molecule has 2 amide bonds. The molecule has 0 aliphatic carbocycles. The number of anilines is 1. The summed E-state index contributed by atoms with van der Waals surface area (Å²) >= 11 is 0. The molecule has 0 aliphatic heterocycles. The zero-order valence-corrected chi connectivity index (χ0v) is 22.4. The molecule has 1 heterocycles. The number of benzene rings is 2. The van der Waals surface area contributed by atoms with Gasteiger partial charge in [-0.15, -0.1) is 0 Å². The number of nitrogens with zero attached hydrogens (tertiary/aromatic N) is 2. The van der Waals surface area contributed by atoms with Gasteiger partial charge in [-0.1, -0.05) is 71.4 Å². The van der Waals surface area contributed by atoms with Gasteiger partial charge in [-0.25, -0.2) is 4.79 Å². The minimum absolute atomic E-state index is 0.171. The molecule has 0 saturated heterocycles. The van der Waals surface area contributed by atoms with E-state index in [1.54, 1.807) is 11.0 Å². The molecule has 7 heteroatoms. The number of carbonyl (C=O) groups excluding carboxylic acids is 1. The van der Waals surface area contributed by atoms with Crippen LogP contribution in [-0.2, 0) is 19.3 Å². The summed E-state index contributed by atoms with van der Waals surface area (Å²) in [6, 6.07) is 15.2. The Morgan fingerprint density at radius 1 is 0.973 bits per heavy atom. The van der Waals surface area contributed by atoms with Crippen LogP contribution in [0.5, 0.6) is 0 Å². The lowest BCUT2D eigenvalue weighted by Crippen LogP contribution is -2.36. The molecule has 200 valence electrons. The Balaban J connectivity index is 1.85. The smallest absolute Gasteiger partial charge is 0.345 e. The Morgan fingerprint density at radius 3 is 2.22 bits per heavy atom. The molecule has 0 fully saturated rings. The Bertz CT molecular complexity index is 1150. The second-order valence-corrected chi connectivity index (χ2v) is 10.2. The second-order valence-electron chi connectivity index (χ2n) is 10.2. The maximum absolute atomic E-state index is 13.6. The Kier molecular flexibility index (Phi) is 9.46. The maximum Gasteiger partial charge on any atom is 0.416 e. The summed E-state index contributed by atoms with van der Waals surface area (Å²) in [4.78, 5) is 15.4. The van der Waals surface area contributed by atoms with Crippen molar-refractivity contribution in [3.63, 3.8) is 0 Å². The Labute approximate surface area is 218 Å².